The fourth-order valence-corrected chi connectivity index (χ4v) is 11.2. The Balaban J connectivity index is 1.38. The van der Waals surface area contributed by atoms with Gasteiger partial charge in [-0.2, -0.15) is 0 Å². The molecule has 4 aliphatic carbocycles. The first-order chi connectivity index (χ1) is 20.0. The Kier molecular flexibility index (Phi) is 9.05. The number of aliphatic hydroxyl groups excluding tert-OH is 6. The van der Waals surface area contributed by atoms with Crippen molar-refractivity contribution >= 4 is 0 Å². The van der Waals surface area contributed by atoms with Gasteiger partial charge in [0.15, 0.2) is 6.29 Å². The Morgan fingerprint density at radius 1 is 0.837 bits per heavy atom. The number of fused-ring (bicyclic) bond motifs is 5. The normalized spacial score (nSPS) is 51.3. The van der Waals surface area contributed by atoms with E-state index in [0.717, 1.165) is 44.9 Å². The van der Waals surface area contributed by atoms with Crippen molar-refractivity contribution in [1.29, 1.82) is 0 Å². The van der Waals surface area contributed by atoms with Gasteiger partial charge in [-0.3, -0.25) is 0 Å². The first-order valence-corrected chi connectivity index (χ1v) is 16.7. The van der Waals surface area contributed by atoms with Gasteiger partial charge >= 0.3 is 0 Å². The summed E-state index contributed by atoms with van der Waals surface area (Å²) in [5, 5.41) is 64.0. The van der Waals surface area contributed by atoms with E-state index in [-0.39, 0.29) is 39.6 Å². The smallest absolute Gasteiger partial charge is 0.186 e. The van der Waals surface area contributed by atoms with Crippen molar-refractivity contribution in [3.8, 4) is 0 Å². The van der Waals surface area contributed by atoms with E-state index in [1.54, 1.807) is 0 Å². The minimum atomic E-state index is -1.46. The van der Waals surface area contributed by atoms with Crippen LogP contribution in [0.1, 0.15) is 99.8 Å². The van der Waals surface area contributed by atoms with Crippen LogP contribution in [0, 0.1) is 45.3 Å². The van der Waals surface area contributed by atoms with E-state index < -0.39 is 43.4 Å². The lowest BCUT2D eigenvalue weighted by Crippen LogP contribution is -2.67. The quantitative estimate of drug-likeness (QED) is 0.146. The van der Waals surface area contributed by atoms with Crippen molar-refractivity contribution < 1.29 is 40.1 Å². The highest BCUT2D eigenvalue weighted by molar-refractivity contribution is 5.22. The van der Waals surface area contributed by atoms with Crippen molar-refractivity contribution in [1.82, 2.24) is 0 Å². The molecule has 1 heterocycles. The molecule has 0 aromatic heterocycles. The van der Waals surface area contributed by atoms with Crippen LogP contribution in [0.25, 0.3) is 0 Å². The molecule has 14 atom stereocenters. The largest absolute Gasteiger partial charge is 0.512 e. The third-order valence-electron chi connectivity index (χ3n) is 13.7. The molecule has 43 heavy (non-hydrogen) atoms. The van der Waals surface area contributed by atoms with Crippen LogP contribution < -0.4 is 0 Å². The van der Waals surface area contributed by atoms with Crippen molar-refractivity contribution in [2.45, 2.75) is 143 Å². The molecule has 5 rings (SSSR count). The van der Waals surface area contributed by atoms with Gasteiger partial charge < -0.3 is 40.1 Å². The summed E-state index contributed by atoms with van der Waals surface area (Å²) >= 11 is 0. The molecule has 246 valence electrons. The minimum Gasteiger partial charge on any atom is -0.512 e. The Hall–Kier alpha value is -1.00. The summed E-state index contributed by atoms with van der Waals surface area (Å²) in [5.74, 6) is 1.10. The molecule has 0 spiro atoms. The molecule has 0 amide bonds. The lowest BCUT2D eigenvalue weighted by Gasteiger charge is -2.70. The molecular formula is C35H58O8. The van der Waals surface area contributed by atoms with Crippen LogP contribution in [0.3, 0.4) is 0 Å². The summed E-state index contributed by atoms with van der Waals surface area (Å²) in [6.45, 7) is 15.4. The van der Waals surface area contributed by atoms with E-state index in [9.17, 15) is 30.6 Å². The van der Waals surface area contributed by atoms with Gasteiger partial charge in [-0.05, 0) is 105 Å². The van der Waals surface area contributed by atoms with Crippen LogP contribution in [0.2, 0.25) is 0 Å². The Bertz CT molecular complexity index is 1080. The maximum absolute atomic E-state index is 11.9. The number of rotatable bonds is 6. The third-order valence-corrected chi connectivity index (χ3v) is 13.7. The summed E-state index contributed by atoms with van der Waals surface area (Å²) in [4.78, 5) is 0. The Morgan fingerprint density at radius 2 is 1.51 bits per heavy atom. The van der Waals surface area contributed by atoms with Gasteiger partial charge in [0.2, 0.25) is 0 Å². The summed E-state index contributed by atoms with van der Waals surface area (Å²) in [6, 6.07) is 0. The maximum atomic E-state index is 11.9. The topological polar surface area (TPSA) is 140 Å². The zero-order valence-electron chi connectivity index (χ0n) is 27.4. The number of ether oxygens (including phenoxy) is 2. The number of hydrogen-bond donors (Lipinski definition) is 6. The standard InChI is InChI=1S/C35H58O8/c1-19(2)9-8-10-21(37)20-11-15-35(7)27(20)22(38)17-25-33(5)14-13-26(32(3,4)24(33)12-16-34(25,35)6)43-31-30(41)29(40)28(39)23(18-36)42-31/h9-10,20,22-31,36-41H,8,11-18H2,1-7H3/b21-10+/t20?,22-,23?,24?,25?,26?,27?,28?,29+,30?,31+,33+,34-,35-/m1/s1. The molecule has 8 heteroatoms. The van der Waals surface area contributed by atoms with Gasteiger partial charge in [-0.15, -0.1) is 0 Å². The fourth-order valence-electron chi connectivity index (χ4n) is 11.2. The number of aliphatic hydroxyl groups is 6. The van der Waals surface area contributed by atoms with Crippen LogP contribution >= 0.6 is 0 Å². The van der Waals surface area contributed by atoms with Crippen molar-refractivity contribution in [3.05, 3.63) is 23.5 Å². The molecular weight excluding hydrogens is 548 g/mol. The highest BCUT2D eigenvalue weighted by atomic mass is 16.7. The molecule has 0 bridgehead atoms. The molecule has 8 nitrogen and oxygen atoms in total. The van der Waals surface area contributed by atoms with Gasteiger partial charge in [0.25, 0.3) is 0 Å². The third kappa shape index (κ3) is 5.15. The molecule has 1 aliphatic heterocycles. The van der Waals surface area contributed by atoms with Crippen molar-refractivity contribution in [3.63, 3.8) is 0 Å². The number of hydrogen-bond acceptors (Lipinski definition) is 8. The SMILES string of the molecule is CC(C)=CC/C=C(/O)C1CC[C@]2(C)C1[C@H](O)CC1[C@@]3(C)CCC(O[C@@H]4OC(CO)C(O)[C@H](O)C4O)C(C)(C)C3CC[C@]12C. The first kappa shape index (κ1) is 33.4. The van der Waals surface area contributed by atoms with Crippen LogP contribution in [0.15, 0.2) is 23.5 Å². The van der Waals surface area contributed by atoms with E-state index in [4.69, 9.17) is 9.47 Å². The van der Waals surface area contributed by atoms with Crippen LogP contribution in [-0.4, -0.2) is 80.2 Å². The Morgan fingerprint density at radius 3 is 2.16 bits per heavy atom. The van der Waals surface area contributed by atoms with Gasteiger partial charge in [0, 0.05) is 11.8 Å². The van der Waals surface area contributed by atoms with Gasteiger partial charge in [0.1, 0.15) is 24.4 Å². The van der Waals surface area contributed by atoms with Crippen LogP contribution in [0.5, 0.6) is 0 Å². The second kappa shape index (κ2) is 11.7. The van der Waals surface area contributed by atoms with E-state index in [0.29, 0.717) is 24.0 Å². The molecule has 0 aromatic carbocycles. The molecule has 6 N–H and O–H groups in total. The van der Waals surface area contributed by atoms with Crippen molar-refractivity contribution in [2.75, 3.05) is 6.61 Å². The molecule has 0 aromatic rings. The zero-order chi connectivity index (χ0) is 31.7. The Labute approximate surface area is 258 Å². The molecule has 5 aliphatic rings. The highest BCUT2D eigenvalue weighted by Crippen LogP contribution is 2.75. The van der Waals surface area contributed by atoms with Crippen LogP contribution in [-0.2, 0) is 9.47 Å². The van der Waals surface area contributed by atoms with E-state index in [1.165, 1.54) is 5.57 Å². The summed E-state index contributed by atoms with van der Waals surface area (Å²) in [5.41, 5.74) is 0.868. The van der Waals surface area contributed by atoms with Gasteiger partial charge in [0.05, 0.1) is 24.6 Å². The lowest BCUT2D eigenvalue weighted by atomic mass is 9.35. The summed E-state index contributed by atoms with van der Waals surface area (Å²) < 4.78 is 12.2. The molecule has 0 radical (unpaired) electrons. The lowest BCUT2D eigenvalue weighted by molar-refractivity contribution is -0.331. The number of allylic oxidation sites excluding steroid dienone is 4. The second-order valence-electron chi connectivity index (χ2n) is 16.3. The average molecular weight is 607 g/mol. The molecule has 1 saturated heterocycles. The predicted octanol–water partition coefficient (Wildman–Crippen LogP) is 4.63. The molecule has 5 fully saturated rings. The van der Waals surface area contributed by atoms with Crippen molar-refractivity contribution in [2.24, 2.45) is 45.3 Å². The van der Waals surface area contributed by atoms with E-state index in [2.05, 4.69) is 54.5 Å². The first-order valence-electron chi connectivity index (χ1n) is 16.7. The van der Waals surface area contributed by atoms with Gasteiger partial charge in [-0.1, -0.05) is 46.3 Å². The van der Waals surface area contributed by atoms with Gasteiger partial charge in [-0.25, -0.2) is 0 Å². The van der Waals surface area contributed by atoms with E-state index >= 15 is 0 Å². The minimum absolute atomic E-state index is 0.00650. The molecule has 4 saturated carbocycles. The zero-order valence-corrected chi connectivity index (χ0v) is 27.4. The van der Waals surface area contributed by atoms with Crippen LogP contribution in [0.4, 0.5) is 0 Å². The average Bonchev–Trinajstić information content (AvgIpc) is 3.31. The second-order valence-corrected chi connectivity index (χ2v) is 16.3. The maximum Gasteiger partial charge on any atom is 0.186 e. The molecule has 8 unspecified atom stereocenters. The fraction of sp³-hybridized carbons (Fsp3) is 0.886. The predicted molar refractivity (Wildman–Crippen MR) is 164 cm³/mol. The summed E-state index contributed by atoms with van der Waals surface area (Å²) in [7, 11) is 0. The monoisotopic (exact) mass is 606 g/mol. The highest BCUT2D eigenvalue weighted by Gasteiger charge is 2.70. The van der Waals surface area contributed by atoms with E-state index in [1.807, 2.05) is 6.08 Å². The summed E-state index contributed by atoms with van der Waals surface area (Å²) in [6.07, 6.45) is 4.01.